The fourth-order valence-corrected chi connectivity index (χ4v) is 3.65. The van der Waals surface area contributed by atoms with Gasteiger partial charge in [-0.05, 0) is 54.4 Å². The lowest BCUT2D eigenvalue weighted by atomic mass is 10.1. The van der Waals surface area contributed by atoms with Gasteiger partial charge in [-0.25, -0.2) is 0 Å². The highest BCUT2D eigenvalue weighted by Crippen LogP contribution is 2.19. The number of rotatable bonds is 6. The number of nitrogens with zero attached hydrogens (tertiary/aromatic N) is 1. The smallest absolute Gasteiger partial charge is 0.255 e. The van der Waals surface area contributed by atoms with Crippen LogP contribution in [0.15, 0.2) is 72.8 Å². The molecule has 7 nitrogen and oxygen atoms in total. The second kappa shape index (κ2) is 9.99. The first kappa shape index (κ1) is 22.1. The average Bonchev–Trinajstić information content (AvgIpc) is 2.84. The third kappa shape index (κ3) is 5.57. The second-order valence-electron chi connectivity index (χ2n) is 7.97. The Kier molecular flexibility index (Phi) is 6.69. The molecule has 1 saturated heterocycles. The van der Waals surface area contributed by atoms with Crippen LogP contribution in [0.1, 0.15) is 31.8 Å². The summed E-state index contributed by atoms with van der Waals surface area (Å²) in [7, 11) is 0. The average molecular weight is 443 g/mol. The van der Waals surface area contributed by atoms with Crippen molar-refractivity contribution in [1.82, 2.24) is 10.6 Å². The number of hydrogen-bond donors (Lipinski definition) is 3. The maximum atomic E-state index is 12.7. The number of aryl methyl sites for hydroxylation is 1. The number of amides is 3. The van der Waals surface area contributed by atoms with Crippen LogP contribution in [-0.2, 0) is 11.3 Å². The highest BCUT2D eigenvalue weighted by Gasteiger charge is 2.16. The van der Waals surface area contributed by atoms with E-state index < -0.39 is 0 Å². The fourth-order valence-electron chi connectivity index (χ4n) is 3.65. The van der Waals surface area contributed by atoms with Crippen molar-refractivity contribution >= 4 is 29.1 Å². The molecule has 0 aliphatic carbocycles. The van der Waals surface area contributed by atoms with Gasteiger partial charge in [0.1, 0.15) is 0 Å². The molecular weight excluding hydrogens is 416 g/mol. The number of benzene rings is 3. The van der Waals surface area contributed by atoms with E-state index in [2.05, 4.69) is 16.0 Å². The van der Waals surface area contributed by atoms with Gasteiger partial charge in [0, 0.05) is 42.1 Å². The summed E-state index contributed by atoms with van der Waals surface area (Å²) >= 11 is 0. The van der Waals surface area contributed by atoms with E-state index in [9.17, 15) is 14.4 Å². The lowest BCUT2D eigenvalue weighted by Crippen LogP contribution is -2.47. The molecule has 0 saturated carbocycles. The van der Waals surface area contributed by atoms with Gasteiger partial charge in [0.25, 0.3) is 11.8 Å². The molecule has 1 heterocycles. The Balaban J connectivity index is 1.37. The van der Waals surface area contributed by atoms with Crippen LogP contribution in [0.25, 0.3) is 0 Å². The molecule has 0 radical (unpaired) electrons. The predicted octanol–water partition coefficient (Wildman–Crippen LogP) is 3.11. The van der Waals surface area contributed by atoms with E-state index in [1.165, 1.54) is 0 Å². The molecule has 1 aliphatic heterocycles. The summed E-state index contributed by atoms with van der Waals surface area (Å²) in [5, 5.41) is 8.62. The summed E-state index contributed by atoms with van der Waals surface area (Å²) in [4.78, 5) is 38.8. The highest BCUT2D eigenvalue weighted by atomic mass is 16.2. The van der Waals surface area contributed by atoms with Crippen molar-refractivity contribution in [3.8, 4) is 0 Å². The van der Waals surface area contributed by atoms with E-state index in [1.807, 2.05) is 48.2 Å². The second-order valence-corrected chi connectivity index (χ2v) is 7.97. The minimum atomic E-state index is -0.220. The number of carbonyl (C=O) groups is 3. The molecule has 0 aromatic heterocycles. The Morgan fingerprint density at radius 3 is 2.42 bits per heavy atom. The summed E-state index contributed by atoms with van der Waals surface area (Å²) in [5.41, 5.74) is 4.44. The van der Waals surface area contributed by atoms with E-state index in [-0.39, 0.29) is 17.7 Å². The lowest BCUT2D eigenvalue weighted by molar-refractivity contribution is -0.120. The van der Waals surface area contributed by atoms with Gasteiger partial charge in [0.05, 0.1) is 6.54 Å². The van der Waals surface area contributed by atoms with Crippen LogP contribution in [0.3, 0.4) is 0 Å². The molecule has 3 aromatic carbocycles. The standard InChI is InChI=1S/C26H26N4O3/c1-18-7-10-21(15-23(18)29-26(33)20-5-3-2-4-6-20)25(32)28-16-19-8-11-22(12-9-19)30-14-13-27-24(31)17-30/h2-12,15H,13-14,16-17H2,1H3,(H,27,31)(H,28,32)(H,29,33). The van der Waals surface area contributed by atoms with Crippen LogP contribution in [0.5, 0.6) is 0 Å². The number of carbonyl (C=O) groups excluding carboxylic acids is 3. The minimum Gasteiger partial charge on any atom is -0.360 e. The number of hydrogen-bond acceptors (Lipinski definition) is 4. The molecule has 1 aliphatic rings. The van der Waals surface area contributed by atoms with Crippen molar-refractivity contribution in [2.75, 3.05) is 29.9 Å². The van der Waals surface area contributed by atoms with Crippen molar-refractivity contribution in [1.29, 1.82) is 0 Å². The zero-order chi connectivity index (χ0) is 23.2. The van der Waals surface area contributed by atoms with Crippen LogP contribution in [0.4, 0.5) is 11.4 Å². The molecule has 4 rings (SSSR count). The third-order valence-corrected chi connectivity index (χ3v) is 5.58. The highest BCUT2D eigenvalue weighted by molar-refractivity contribution is 6.05. The fraction of sp³-hybridized carbons (Fsp3) is 0.192. The summed E-state index contributed by atoms with van der Waals surface area (Å²) in [6, 6.07) is 22.0. The van der Waals surface area contributed by atoms with Gasteiger partial charge in [0.2, 0.25) is 5.91 Å². The van der Waals surface area contributed by atoms with E-state index >= 15 is 0 Å². The zero-order valence-corrected chi connectivity index (χ0v) is 18.4. The van der Waals surface area contributed by atoms with Crippen LogP contribution in [0.2, 0.25) is 0 Å². The van der Waals surface area contributed by atoms with E-state index in [0.29, 0.717) is 36.4 Å². The van der Waals surface area contributed by atoms with Crippen LogP contribution >= 0.6 is 0 Å². The minimum absolute atomic E-state index is 0.0232. The van der Waals surface area contributed by atoms with E-state index in [1.54, 1.807) is 36.4 Å². The van der Waals surface area contributed by atoms with Crippen molar-refractivity contribution in [3.63, 3.8) is 0 Å². The Labute approximate surface area is 192 Å². The molecule has 3 amide bonds. The number of anilines is 2. The van der Waals surface area contributed by atoms with Gasteiger partial charge < -0.3 is 20.9 Å². The Bertz CT molecular complexity index is 1160. The van der Waals surface area contributed by atoms with Crippen LogP contribution in [-0.4, -0.2) is 37.4 Å². The van der Waals surface area contributed by atoms with Crippen molar-refractivity contribution in [3.05, 3.63) is 95.1 Å². The summed E-state index contributed by atoms with van der Waals surface area (Å²) in [6.07, 6.45) is 0. The maximum Gasteiger partial charge on any atom is 0.255 e. The van der Waals surface area contributed by atoms with Gasteiger partial charge in [-0.3, -0.25) is 14.4 Å². The van der Waals surface area contributed by atoms with Gasteiger partial charge in [0.15, 0.2) is 0 Å². The SMILES string of the molecule is Cc1ccc(C(=O)NCc2ccc(N3CCNC(=O)C3)cc2)cc1NC(=O)c1ccccc1. The molecule has 168 valence electrons. The number of nitrogens with one attached hydrogen (secondary N) is 3. The summed E-state index contributed by atoms with van der Waals surface area (Å²) < 4.78 is 0. The Morgan fingerprint density at radius 2 is 1.70 bits per heavy atom. The first-order valence-corrected chi connectivity index (χ1v) is 10.9. The quantitative estimate of drug-likeness (QED) is 0.547. The zero-order valence-electron chi connectivity index (χ0n) is 18.4. The normalized spacial score (nSPS) is 13.2. The molecule has 7 heteroatoms. The molecule has 3 N–H and O–H groups in total. The van der Waals surface area contributed by atoms with Crippen LogP contribution < -0.4 is 20.9 Å². The summed E-state index contributed by atoms with van der Waals surface area (Å²) in [6.45, 7) is 4.03. The summed E-state index contributed by atoms with van der Waals surface area (Å²) in [5.74, 6) is -0.417. The first-order valence-electron chi connectivity index (χ1n) is 10.9. The largest absolute Gasteiger partial charge is 0.360 e. The van der Waals surface area contributed by atoms with Gasteiger partial charge in [-0.1, -0.05) is 36.4 Å². The molecular formula is C26H26N4O3. The molecule has 0 bridgehead atoms. The van der Waals surface area contributed by atoms with Crippen LogP contribution in [0, 0.1) is 6.92 Å². The predicted molar refractivity (Wildman–Crippen MR) is 128 cm³/mol. The van der Waals surface area contributed by atoms with E-state index in [0.717, 1.165) is 23.4 Å². The maximum absolute atomic E-state index is 12.7. The molecule has 3 aromatic rings. The molecule has 33 heavy (non-hydrogen) atoms. The van der Waals surface area contributed by atoms with Crippen molar-refractivity contribution in [2.24, 2.45) is 0 Å². The first-order chi connectivity index (χ1) is 16.0. The lowest BCUT2D eigenvalue weighted by Gasteiger charge is -2.28. The monoisotopic (exact) mass is 442 g/mol. The third-order valence-electron chi connectivity index (χ3n) is 5.58. The molecule has 0 atom stereocenters. The van der Waals surface area contributed by atoms with E-state index in [4.69, 9.17) is 0 Å². The molecule has 0 unspecified atom stereocenters. The van der Waals surface area contributed by atoms with Gasteiger partial charge in [-0.15, -0.1) is 0 Å². The Morgan fingerprint density at radius 1 is 0.939 bits per heavy atom. The number of piperazine rings is 1. The Hall–Kier alpha value is -4.13. The molecule has 0 spiro atoms. The van der Waals surface area contributed by atoms with Gasteiger partial charge in [-0.2, -0.15) is 0 Å². The van der Waals surface area contributed by atoms with Crippen molar-refractivity contribution < 1.29 is 14.4 Å². The topological polar surface area (TPSA) is 90.5 Å². The molecule has 1 fully saturated rings. The van der Waals surface area contributed by atoms with Crippen molar-refractivity contribution in [2.45, 2.75) is 13.5 Å². The van der Waals surface area contributed by atoms with Gasteiger partial charge >= 0.3 is 0 Å².